The fourth-order valence-corrected chi connectivity index (χ4v) is 3.18. The molecule has 7 heteroatoms. The van der Waals surface area contributed by atoms with E-state index in [-0.39, 0.29) is 21.5 Å². The Kier molecular flexibility index (Phi) is 5.20. The highest BCUT2D eigenvalue weighted by atomic mass is 35.5. The van der Waals surface area contributed by atoms with E-state index in [1.807, 2.05) is 0 Å². The molecule has 0 unspecified atom stereocenters. The number of benzene rings is 2. The van der Waals surface area contributed by atoms with E-state index in [0.717, 1.165) is 0 Å². The van der Waals surface area contributed by atoms with Gasteiger partial charge in [0.1, 0.15) is 0 Å². The van der Waals surface area contributed by atoms with Crippen LogP contribution in [0.5, 0.6) is 0 Å². The molecule has 128 valence electrons. The van der Waals surface area contributed by atoms with Crippen molar-refractivity contribution in [2.75, 3.05) is 10.0 Å². The molecule has 0 bridgehead atoms. The zero-order valence-electron chi connectivity index (χ0n) is 13.6. The van der Waals surface area contributed by atoms with E-state index in [1.165, 1.54) is 24.3 Å². The highest BCUT2D eigenvalue weighted by Crippen LogP contribution is 2.28. The second kappa shape index (κ2) is 6.83. The first-order valence-electron chi connectivity index (χ1n) is 7.28. The largest absolute Gasteiger partial charge is 0.326 e. The van der Waals surface area contributed by atoms with Crippen molar-refractivity contribution >= 4 is 38.9 Å². The van der Waals surface area contributed by atoms with Gasteiger partial charge in [-0.2, -0.15) is 0 Å². The van der Waals surface area contributed by atoms with Gasteiger partial charge < -0.3 is 5.32 Å². The van der Waals surface area contributed by atoms with Crippen molar-refractivity contribution in [1.29, 1.82) is 0 Å². The van der Waals surface area contributed by atoms with Crippen LogP contribution in [0.4, 0.5) is 11.4 Å². The van der Waals surface area contributed by atoms with Crippen LogP contribution in [0.15, 0.2) is 53.4 Å². The molecular formula is C17H19ClN2O3S. The lowest BCUT2D eigenvalue weighted by molar-refractivity contribution is -0.123. The summed E-state index contributed by atoms with van der Waals surface area (Å²) in [5, 5.41) is 2.94. The molecule has 1 amide bonds. The molecule has 0 fully saturated rings. The molecule has 0 aliphatic heterocycles. The van der Waals surface area contributed by atoms with Gasteiger partial charge in [0.05, 0.1) is 15.6 Å². The van der Waals surface area contributed by atoms with Crippen molar-refractivity contribution < 1.29 is 13.2 Å². The van der Waals surface area contributed by atoms with Crippen molar-refractivity contribution in [3.05, 3.63) is 53.6 Å². The number of nitrogens with one attached hydrogen (secondary N) is 2. The van der Waals surface area contributed by atoms with Gasteiger partial charge in [-0.15, -0.1) is 0 Å². The number of carbonyl (C=O) groups is 1. The second-order valence-corrected chi connectivity index (χ2v) is 8.41. The Hall–Kier alpha value is -2.05. The Bertz CT molecular complexity index is 844. The lowest BCUT2D eigenvalue weighted by Crippen LogP contribution is -2.27. The Morgan fingerprint density at radius 1 is 1.04 bits per heavy atom. The summed E-state index contributed by atoms with van der Waals surface area (Å²) in [7, 11) is -3.72. The van der Waals surface area contributed by atoms with Crippen LogP contribution in [0.1, 0.15) is 20.8 Å². The van der Waals surface area contributed by atoms with Gasteiger partial charge in [-0.1, -0.05) is 50.6 Å². The Morgan fingerprint density at radius 2 is 1.67 bits per heavy atom. The van der Waals surface area contributed by atoms with Crippen LogP contribution >= 0.6 is 11.6 Å². The molecule has 0 atom stereocenters. The van der Waals surface area contributed by atoms with Gasteiger partial charge in [-0.25, -0.2) is 8.42 Å². The first-order chi connectivity index (χ1) is 11.1. The number of halogens is 1. The molecule has 0 aliphatic carbocycles. The summed E-state index contributed by atoms with van der Waals surface area (Å²) in [6.45, 7) is 5.39. The second-order valence-electron chi connectivity index (χ2n) is 6.32. The third-order valence-electron chi connectivity index (χ3n) is 3.21. The number of anilines is 2. The van der Waals surface area contributed by atoms with E-state index in [4.69, 9.17) is 11.6 Å². The van der Waals surface area contributed by atoms with Gasteiger partial charge in [-0.3, -0.25) is 9.52 Å². The fourth-order valence-electron chi connectivity index (χ4n) is 1.80. The van der Waals surface area contributed by atoms with Gasteiger partial charge in [0.25, 0.3) is 10.0 Å². The lowest BCUT2D eigenvalue weighted by Gasteiger charge is -2.18. The molecule has 0 radical (unpaired) electrons. The van der Waals surface area contributed by atoms with Gasteiger partial charge >= 0.3 is 0 Å². The number of rotatable bonds is 4. The van der Waals surface area contributed by atoms with Gasteiger partial charge in [0.15, 0.2) is 0 Å². The summed E-state index contributed by atoms with van der Waals surface area (Å²) in [5.74, 6) is -0.156. The van der Waals surface area contributed by atoms with E-state index in [0.29, 0.717) is 5.69 Å². The zero-order valence-corrected chi connectivity index (χ0v) is 15.2. The maximum Gasteiger partial charge on any atom is 0.261 e. The van der Waals surface area contributed by atoms with Crippen molar-refractivity contribution in [1.82, 2.24) is 0 Å². The predicted octanol–water partition coefficient (Wildman–Crippen LogP) is 4.13. The van der Waals surface area contributed by atoms with E-state index in [9.17, 15) is 13.2 Å². The quantitative estimate of drug-likeness (QED) is 0.854. The molecule has 24 heavy (non-hydrogen) atoms. The maximum absolute atomic E-state index is 12.3. The number of hydrogen-bond donors (Lipinski definition) is 2. The minimum atomic E-state index is -3.72. The molecular weight excluding hydrogens is 348 g/mol. The monoisotopic (exact) mass is 366 g/mol. The normalized spacial score (nSPS) is 11.8. The Labute approximate surface area is 147 Å². The van der Waals surface area contributed by atoms with Crippen LogP contribution in [-0.4, -0.2) is 14.3 Å². The van der Waals surface area contributed by atoms with E-state index < -0.39 is 15.4 Å². The van der Waals surface area contributed by atoms with E-state index in [1.54, 1.807) is 45.0 Å². The SMILES string of the molecule is CC(C)(C)C(=O)Nc1ccc(NS(=O)(=O)c2ccccc2)c(Cl)c1. The van der Waals surface area contributed by atoms with Crippen LogP contribution < -0.4 is 10.0 Å². The summed E-state index contributed by atoms with van der Waals surface area (Å²) >= 11 is 6.14. The zero-order chi connectivity index (χ0) is 18.0. The Balaban J connectivity index is 2.20. The fraction of sp³-hybridized carbons (Fsp3) is 0.235. The van der Waals surface area contributed by atoms with Crippen LogP contribution in [0.2, 0.25) is 5.02 Å². The van der Waals surface area contributed by atoms with Crippen molar-refractivity contribution in [2.45, 2.75) is 25.7 Å². The number of hydrogen-bond acceptors (Lipinski definition) is 3. The molecule has 0 spiro atoms. The van der Waals surface area contributed by atoms with Gasteiger partial charge in [0, 0.05) is 11.1 Å². The van der Waals surface area contributed by atoms with Gasteiger partial charge in [0.2, 0.25) is 5.91 Å². The van der Waals surface area contributed by atoms with Crippen LogP contribution in [0, 0.1) is 5.41 Å². The smallest absolute Gasteiger partial charge is 0.261 e. The van der Waals surface area contributed by atoms with Crippen molar-refractivity contribution in [2.24, 2.45) is 5.41 Å². The number of carbonyl (C=O) groups excluding carboxylic acids is 1. The standard InChI is InChI=1S/C17H19ClN2O3S/c1-17(2,3)16(21)19-12-9-10-15(14(18)11-12)20-24(22,23)13-7-5-4-6-8-13/h4-11,20H,1-3H3,(H,19,21). The topological polar surface area (TPSA) is 75.3 Å². The molecule has 0 aliphatic rings. The third kappa shape index (κ3) is 4.49. The van der Waals surface area contributed by atoms with Crippen LogP contribution in [0.3, 0.4) is 0 Å². The molecule has 2 aromatic rings. The van der Waals surface area contributed by atoms with Crippen LogP contribution in [-0.2, 0) is 14.8 Å². The van der Waals surface area contributed by atoms with E-state index in [2.05, 4.69) is 10.0 Å². The molecule has 0 aromatic heterocycles. The molecule has 0 saturated carbocycles. The highest BCUT2D eigenvalue weighted by molar-refractivity contribution is 7.92. The maximum atomic E-state index is 12.3. The molecule has 0 heterocycles. The summed E-state index contributed by atoms with van der Waals surface area (Å²) in [4.78, 5) is 12.1. The molecule has 0 saturated heterocycles. The van der Waals surface area contributed by atoms with E-state index >= 15 is 0 Å². The van der Waals surface area contributed by atoms with Crippen LogP contribution in [0.25, 0.3) is 0 Å². The number of amides is 1. The predicted molar refractivity (Wildman–Crippen MR) is 96.8 cm³/mol. The highest BCUT2D eigenvalue weighted by Gasteiger charge is 2.21. The summed E-state index contributed by atoms with van der Waals surface area (Å²) in [6, 6.07) is 12.6. The summed E-state index contributed by atoms with van der Waals surface area (Å²) in [6.07, 6.45) is 0. The summed E-state index contributed by atoms with van der Waals surface area (Å²) < 4.78 is 27.1. The molecule has 2 aromatic carbocycles. The first-order valence-corrected chi connectivity index (χ1v) is 9.14. The molecule has 5 nitrogen and oxygen atoms in total. The minimum absolute atomic E-state index is 0.145. The van der Waals surface area contributed by atoms with Gasteiger partial charge in [-0.05, 0) is 30.3 Å². The summed E-state index contributed by atoms with van der Waals surface area (Å²) in [5.41, 5.74) is 0.205. The first kappa shape index (κ1) is 18.3. The minimum Gasteiger partial charge on any atom is -0.326 e. The molecule has 2 N–H and O–H groups in total. The average molecular weight is 367 g/mol. The lowest BCUT2D eigenvalue weighted by atomic mass is 9.95. The van der Waals surface area contributed by atoms with Crippen molar-refractivity contribution in [3.8, 4) is 0 Å². The van der Waals surface area contributed by atoms with Crippen molar-refractivity contribution in [3.63, 3.8) is 0 Å². The Morgan fingerprint density at radius 3 is 2.21 bits per heavy atom. The average Bonchev–Trinajstić information content (AvgIpc) is 2.50. The number of sulfonamides is 1. The molecule has 2 rings (SSSR count). The third-order valence-corrected chi connectivity index (χ3v) is 4.90.